The van der Waals surface area contributed by atoms with E-state index in [4.69, 9.17) is 14.0 Å². The van der Waals surface area contributed by atoms with Crippen molar-refractivity contribution >= 4 is 28.6 Å². The third-order valence-electron chi connectivity index (χ3n) is 3.56. The first kappa shape index (κ1) is 14.1. The average molecular weight is 317 g/mol. The molecule has 1 aliphatic rings. The van der Waals surface area contributed by atoms with Gasteiger partial charge in [0.05, 0.1) is 27.5 Å². The highest BCUT2D eigenvalue weighted by molar-refractivity contribution is 9.10. The Morgan fingerprint density at radius 2 is 1.89 bits per heavy atom. The topological polar surface area (TPSA) is 45.5 Å². The van der Waals surface area contributed by atoms with Gasteiger partial charge in [-0.25, -0.2) is 4.68 Å². The monoisotopic (exact) mass is 316 g/mol. The largest absolute Gasteiger partial charge is 0.515 e. The van der Waals surface area contributed by atoms with E-state index in [2.05, 4.69) is 21.0 Å². The van der Waals surface area contributed by atoms with Gasteiger partial charge >= 0.3 is 7.12 Å². The molecule has 1 fully saturated rings. The fourth-order valence-electron chi connectivity index (χ4n) is 1.79. The van der Waals surface area contributed by atoms with Gasteiger partial charge in [-0.15, -0.1) is 0 Å². The van der Waals surface area contributed by atoms with E-state index in [9.17, 15) is 0 Å². The number of aromatic nitrogens is 2. The quantitative estimate of drug-likeness (QED) is 0.794. The minimum atomic E-state index is -0.443. The van der Waals surface area contributed by atoms with Crippen molar-refractivity contribution in [2.24, 2.45) is 0 Å². The Hall–Kier alpha value is -0.365. The average Bonchev–Trinajstić information content (AvgIpc) is 2.67. The van der Waals surface area contributed by atoms with Gasteiger partial charge in [-0.3, -0.25) is 0 Å². The molecular formula is C11H18BBrN2O3. The number of nitrogens with zero attached hydrogens (tertiary/aromatic N) is 2. The normalized spacial score (nSPS) is 21.6. The standard InChI is InChI=1S/C11H18BBrN2O3/c1-10(2)11(3,4)18-12(17-10)9-8(13)6-14-15(9)7-16-5/h6H,7H2,1-5H3. The molecule has 0 N–H and O–H groups in total. The van der Waals surface area contributed by atoms with Crippen molar-refractivity contribution in [2.45, 2.75) is 45.6 Å². The molecule has 0 unspecified atom stereocenters. The molecule has 0 aromatic carbocycles. The lowest BCUT2D eigenvalue weighted by Crippen LogP contribution is -2.41. The summed E-state index contributed by atoms with van der Waals surface area (Å²) < 4.78 is 19.7. The summed E-state index contributed by atoms with van der Waals surface area (Å²) in [6.07, 6.45) is 1.72. The minimum absolute atomic E-state index is 0.362. The summed E-state index contributed by atoms with van der Waals surface area (Å²) >= 11 is 3.47. The molecule has 0 bridgehead atoms. The Labute approximate surface area is 116 Å². The van der Waals surface area contributed by atoms with Crippen molar-refractivity contribution in [3.8, 4) is 0 Å². The molecule has 0 radical (unpaired) electrons. The van der Waals surface area contributed by atoms with Crippen LogP contribution in [0.15, 0.2) is 10.7 Å². The summed E-state index contributed by atoms with van der Waals surface area (Å²) in [6.45, 7) is 8.47. The zero-order valence-corrected chi connectivity index (χ0v) is 12.9. The molecule has 1 aliphatic heterocycles. The molecule has 0 aliphatic carbocycles. The maximum absolute atomic E-state index is 6.01. The van der Waals surface area contributed by atoms with Crippen molar-refractivity contribution in [3.05, 3.63) is 10.7 Å². The van der Waals surface area contributed by atoms with Crippen LogP contribution in [0.1, 0.15) is 27.7 Å². The number of hydrogen-bond acceptors (Lipinski definition) is 4. The third kappa shape index (κ3) is 2.24. The van der Waals surface area contributed by atoms with Crippen LogP contribution in [0, 0.1) is 0 Å². The van der Waals surface area contributed by atoms with E-state index in [1.54, 1.807) is 18.0 Å². The Morgan fingerprint density at radius 3 is 2.39 bits per heavy atom. The van der Waals surface area contributed by atoms with Gasteiger partial charge in [0.25, 0.3) is 0 Å². The molecule has 1 aromatic rings. The van der Waals surface area contributed by atoms with Crippen molar-refractivity contribution in [1.82, 2.24) is 9.78 Å². The van der Waals surface area contributed by atoms with E-state index >= 15 is 0 Å². The second-order valence-corrected chi connectivity index (χ2v) is 6.24. The van der Waals surface area contributed by atoms with E-state index in [-0.39, 0.29) is 11.2 Å². The van der Waals surface area contributed by atoms with Gasteiger partial charge in [0.2, 0.25) is 0 Å². The molecular weight excluding hydrogens is 299 g/mol. The molecule has 0 saturated carbocycles. The van der Waals surface area contributed by atoms with Crippen LogP contribution in [0.4, 0.5) is 0 Å². The molecule has 0 amide bonds. The molecule has 5 nitrogen and oxygen atoms in total. The smallest absolute Gasteiger partial charge is 0.398 e. The number of rotatable bonds is 3. The van der Waals surface area contributed by atoms with E-state index in [1.165, 1.54) is 0 Å². The summed E-state index contributed by atoms with van der Waals surface area (Å²) in [5.74, 6) is 0. The predicted octanol–water partition coefficient (Wildman–Crippen LogP) is 1.55. The van der Waals surface area contributed by atoms with E-state index in [0.29, 0.717) is 6.73 Å². The Bertz CT molecular complexity index is 431. The van der Waals surface area contributed by atoms with Crippen molar-refractivity contribution in [2.75, 3.05) is 7.11 Å². The second-order valence-electron chi connectivity index (χ2n) is 5.38. The first-order valence-electron chi connectivity index (χ1n) is 5.84. The minimum Gasteiger partial charge on any atom is -0.398 e. The highest BCUT2D eigenvalue weighted by atomic mass is 79.9. The SMILES string of the molecule is COCn1ncc(Br)c1B1OC(C)(C)C(C)(C)O1. The third-order valence-corrected chi connectivity index (χ3v) is 4.17. The van der Waals surface area contributed by atoms with E-state index in [1.807, 2.05) is 27.7 Å². The molecule has 1 aromatic heterocycles. The Kier molecular flexibility index (Phi) is 3.61. The Morgan fingerprint density at radius 1 is 1.33 bits per heavy atom. The van der Waals surface area contributed by atoms with Gasteiger partial charge in [0.15, 0.2) is 0 Å². The van der Waals surface area contributed by atoms with Gasteiger partial charge in [-0.2, -0.15) is 5.10 Å². The fourth-order valence-corrected chi connectivity index (χ4v) is 2.27. The second kappa shape index (κ2) is 4.63. The summed E-state index contributed by atoms with van der Waals surface area (Å²) in [5, 5.41) is 4.23. The van der Waals surface area contributed by atoms with E-state index < -0.39 is 7.12 Å². The molecule has 2 heterocycles. The van der Waals surface area contributed by atoms with Crippen LogP contribution in [0.25, 0.3) is 0 Å². The Balaban J connectivity index is 2.32. The van der Waals surface area contributed by atoms with Crippen LogP contribution in [-0.4, -0.2) is 35.2 Å². The highest BCUT2D eigenvalue weighted by Gasteiger charge is 2.53. The number of halogens is 1. The summed E-state index contributed by atoms with van der Waals surface area (Å²) in [6, 6.07) is 0. The van der Waals surface area contributed by atoms with Crippen LogP contribution in [0.3, 0.4) is 0 Å². The molecule has 2 rings (SSSR count). The first-order valence-corrected chi connectivity index (χ1v) is 6.63. The van der Waals surface area contributed by atoms with Gasteiger partial charge in [-0.05, 0) is 43.6 Å². The lowest BCUT2D eigenvalue weighted by Gasteiger charge is -2.32. The molecule has 100 valence electrons. The van der Waals surface area contributed by atoms with Gasteiger partial charge < -0.3 is 14.0 Å². The van der Waals surface area contributed by atoms with Crippen LogP contribution in [0.2, 0.25) is 0 Å². The zero-order valence-electron chi connectivity index (χ0n) is 11.4. The highest BCUT2D eigenvalue weighted by Crippen LogP contribution is 2.36. The number of hydrogen-bond donors (Lipinski definition) is 0. The molecule has 0 spiro atoms. The summed E-state index contributed by atoms with van der Waals surface area (Å²) in [4.78, 5) is 0. The molecule has 0 atom stereocenters. The van der Waals surface area contributed by atoms with Gasteiger partial charge in [-0.1, -0.05) is 0 Å². The van der Waals surface area contributed by atoms with Crippen molar-refractivity contribution < 1.29 is 14.0 Å². The maximum Gasteiger partial charge on any atom is 0.515 e. The lowest BCUT2D eigenvalue weighted by atomic mass is 9.85. The van der Waals surface area contributed by atoms with Crippen LogP contribution in [-0.2, 0) is 20.8 Å². The van der Waals surface area contributed by atoms with Crippen LogP contribution >= 0.6 is 15.9 Å². The van der Waals surface area contributed by atoms with Crippen LogP contribution < -0.4 is 5.59 Å². The molecule has 18 heavy (non-hydrogen) atoms. The van der Waals surface area contributed by atoms with Gasteiger partial charge in [0, 0.05) is 7.11 Å². The first-order chi connectivity index (χ1) is 8.28. The molecule has 7 heteroatoms. The maximum atomic E-state index is 6.01. The predicted molar refractivity (Wildman–Crippen MR) is 72.7 cm³/mol. The van der Waals surface area contributed by atoms with E-state index in [0.717, 1.165) is 10.1 Å². The number of methoxy groups -OCH3 is 1. The van der Waals surface area contributed by atoms with Crippen molar-refractivity contribution in [1.29, 1.82) is 0 Å². The summed E-state index contributed by atoms with van der Waals surface area (Å²) in [7, 11) is 1.19. The van der Waals surface area contributed by atoms with Crippen LogP contribution in [0.5, 0.6) is 0 Å². The zero-order chi connectivity index (χ0) is 13.6. The summed E-state index contributed by atoms with van der Waals surface area (Å²) in [5.41, 5.74) is 0.119. The molecule has 1 saturated heterocycles. The van der Waals surface area contributed by atoms with Crippen molar-refractivity contribution in [3.63, 3.8) is 0 Å². The number of ether oxygens (including phenoxy) is 1. The fraction of sp³-hybridized carbons (Fsp3) is 0.727. The van der Waals surface area contributed by atoms with Gasteiger partial charge in [0.1, 0.15) is 6.73 Å². The lowest BCUT2D eigenvalue weighted by molar-refractivity contribution is 0.00578.